The summed E-state index contributed by atoms with van der Waals surface area (Å²) in [5.74, 6) is 0.414. The lowest BCUT2D eigenvalue weighted by Gasteiger charge is -2.02. The third-order valence-electron chi connectivity index (χ3n) is 4.66. The maximum absolute atomic E-state index is 6.23. The van der Waals surface area contributed by atoms with Gasteiger partial charge in [-0.25, -0.2) is 9.97 Å². The van der Waals surface area contributed by atoms with E-state index in [0.29, 0.717) is 16.1 Å². The van der Waals surface area contributed by atoms with E-state index in [1.807, 2.05) is 24.3 Å². The monoisotopic (exact) mass is 414 g/mol. The molecule has 5 rings (SSSR count). The quantitative estimate of drug-likeness (QED) is 0.311. The van der Waals surface area contributed by atoms with Gasteiger partial charge in [-0.05, 0) is 55.1 Å². The minimum atomic E-state index is 0.414. The van der Waals surface area contributed by atoms with Crippen LogP contribution in [-0.2, 0) is 12.8 Å². The second kappa shape index (κ2) is 7.22. The molecule has 0 atom stereocenters. The first-order valence-corrected chi connectivity index (χ1v) is 10.8. The van der Waals surface area contributed by atoms with Crippen LogP contribution in [0.3, 0.4) is 0 Å². The molecule has 0 saturated heterocycles. The zero-order valence-corrected chi connectivity index (χ0v) is 16.7. The lowest BCUT2D eigenvalue weighted by Crippen LogP contribution is -1.89. The molecule has 136 valence electrons. The molecule has 0 spiro atoms. The summed E-state index contributed by atoms with van der Waals surface area (Å²) in [6.07, 6.45) is 7.59. The summed E-state index contributed by atoms with van der Waals surface area (Å²) in [6, 6.07) is 7.44. The van der Waals surface area contributed by atoms with Crippen LogP contribution in [-0.4, -0.2) is 20.2 Å². The summed E-state index contributed by atoms with van der Waals surface area (Å²) < 4.78 is 5.85. The van der Waals surface area contributed by atoms with Gasteiger partial charge in [0.1, 0.15) is 16.2 Å². The molecule has 0 unspecified atom stereocenters. The second-order valence-corrected chi connectivity index (χ2v) is 8.81. The molecule has 0 radical (unpaired) electrons. The lowest BCUT2D eigenvalue weighted by molar-refractivity contribution is 0.465. The number of hydrogen-bond donors (Lipinski definition) is 0. The Kier molecular flexibility index (Phi) is 4.59. The topological polar surface area (TPSA) is 64.7 Å². The average Bonchev–Trinajstić information content (AvgIpc) is 3.21. The summed E-state index contributed by atoms with van der Waals surface area (Å²) >= 11 is 9.42. The molecule has 0 saturated carbocycles. The van der Waals surface area contributed by atoms with E-state index in [4.69, 9.17) is 16.0 Å². The Morgan fingerprint density at radius 1 is 1.04 bits per heavy atom. The molecule has 1 aliphatic carbocycles. The normalized spacial score (nSPS) is 14.3. The fourth-order valence-electron chi connectivity index (χ4n) is 3.39. The Balaban J connectivity index is 1.52. The van der Waals surface area contributed by atoms with Crippen LogP contribution in [0.1, 0.15) is 29.7 Å². The van der Waals surface area contributed by atoms with Crippen molar-refractivity contribution in [3.05, 3.63) is 46.1 Å². The number of fused-ring (bicyclic) bond motifs is 3. The van der Waals surface area contributed by atoms with E-state index in [2.05, 4.69) is 20.2 Å². The molecular formula is C19H15ClN4OS2. The van der Waals surface area contributed by atoms with Gasteiger partial charge in [0.25, 0.3) is 5.22 Å². The van der Waals surface area contributed by atoms with Gasteiger partial charge in [0.2, 0.25) is 5.89 Å². The predicted octanol–water partition coefficient (Wildman–Crippen LogP) is 5.81. The van der Waals surface area contributed by atoms with E-state index in [9.17, 15) is 0 Å². The molecule has 8 heteroatoms. The molecule has 27 heavy (non-hydrogen) atoms. The highest BCUT2D eigenvalue weighted by molar-refractivity contribution is 7.99. The van der Waals surface area contributed by atoms with Crippen molar-refractivity contribution in [2.45, 2.75) is 42.4 Å². The molecule has 1 aliphatic rings. The van der Waals surface area contributed by atoms with Gasteiger partial charge >= 0.3 is 0 Å². The third-order valence-corrected chi connectivity index (χ3v) is 7.03. The van der Waals surface area contributed by atoms with E-state index in [1.165, 1.54) is 41.5 Å². The third kappa shape index (κ3) is 3.24. The van der Waals surface area contributed by atoms with Crippen molar-refractivity contribution in [3.63, 3.8) is 0 Å². The largest absolute Gasteiger partial charge is 0.411 e. The smallest absolute Gasteiger partial charge is 0.283 e. The predicted molar refractivity (Wildman–Crippen MR) is 108 cm³/mol. The van der Waals surface area contributed by atoms with Crippen LogP contribution in [0, 0.1) is 0 Å². The molecule has 3 aromatic heterocycles. The molecule has 4 aromatic rings. The van der Waals surface area contributed by atoms with Crippen LogP contribution in [0.15, 0.2) is 45.3 Å². The van der Waals surface area contributed by atoms with Crippen molar-refractivity contribution in [2.75, 3.05) is 0 Å². The molecule has 0 N–H and O–H groups in total. The Hall–Kier alpha value is -1.96. The number of nitrogens with zero attached hydrogens (tertiary/aromatic N) is 4. The molecule has 0 aliphatic heterocycles. The first-order chi connectivity index (χ1) is 13.3. The van der Waals surface area contributed by atoms with Crippen LogP contribution in [0.4, 0.5) is 0 Å². The van der Waals surface area contributed by atoms with E-state index in [0.717, 1.165) is 33.6 Å². The summed E-state index contributed by atoms with van der Waals surface area (Å²) in [4.78, 5) is 11.5. The maximum atomic E-state index is 6.23. The molecule has 1 aromatic carbocycles. The van der Waals surface area contributed by atoms with Crippen molar-refractivity contribution in [1.82, 2.24) is 20.2 Å². The Morgan fingerprint density at radius 3 is 2.85 bits per heavy atom. The zero-order valence-electron chi connectivity index (χ0n) is 14.3. The highest BCUT2D eigenvalue weighted by Crippen LogP contribution is 2.40. The lowest BCUT2D eigenvalue weighted by atomic mass is 10.1. The van der Waals surface area contributed by atoms with Crippen molar-refractivity contribution in [3.8, 4) is 11.5 Å². The molecule has 0 bridgehead atoms. The van der Waals surface area contributed by atoms with E-state index in [-0.39, 0.29) is 0 Å². The fourth-order valence-corrected chi connectivity index (χ4v) is 5.69. The summed E-state index contributed by atoms with van der Waals surface area (Å²) in [5.41, 5.74) is 2.14. The summed E-state index contributed by atoms with van der Waals surface area (Å²) in [6.45, 7) is 0. The van der Waals surface area contributed by atoms with Crippen LogP contribution in [0.5, 0.6) is 0 Å². The number of rotatable bonds is 3. The van der Waals surface area contributed by atoms with E-state index >= 15 is 0 Å². The Bertz CT molecular complexity index is 1120. The van der Waals surface area contributed by atoms with Gasteiger partial charge in [0, 0.05) is 10.3 Å². The number of benzene rings is 1. The Morgan fingerprint density at radius 2 is 1.93 bits per heavy atom. The van der Waals surface area contributed by atoms with Gasteiger partial charge in [0.15, 0.2) is 0 Å². The van der Waals surface area contributed by atoms with Gasteiger partial charge in [0.05, 0.1) is 10.6 Å². The Labute approximate surface area is 169 Å². The van der Waals surface area contributed by atoms with Crippen LogP contribution < -0.4 is 0 Å². The number of aryl methyl sites for hydroxylation is 2. The van der Waals surface area contributed by atoms with Crippen LogP contribution >= 0.6 is 34.7 Å². The van der Waals surface area contributed by atoms with Crippen molar-refractivity contribution in [1.29, 1.82) is 0 Å². The minimum absolute atomic E-state index is 0.414. The summed E-state index contributed by atoms with van der Waals surface area (Å²) in [7, 11) is 0. The van der Waals surface area contributed by atoms with E-state index < -0.39 is 0 Å². The average molecular weight is 415 g/mol. The number of aromatic nitrogens is 4. The SMILES string of the molecule is Clc1ccccc1-c1nnc(Sc2ncnc3sc4c(c23)CCCCC4)o1. The van der Waals surface area contributed by atoms with Gasteiger partial charge < -0.3 is 4.42 Å². The molecule has 0 amide bonds. The fraction of sp³-hybridized carbons (Fsp3) is 0.263. The van der Waals surface area contributed by atoms with Gasteiger partial charge in [-0.3, -0.25) is 0 Å². The summed E-state index contributed by atoms with van der Waals surface area (Å²) in [5, 5.41) is 11.4. The second-order valence-electron chi connectivity index (χ2n) is 6.38. The number of hydrogen-bond acceptors (Lipinski definition) is 7. The molecule has 3 heterocycles. The maximum Gasteiger partial charge on any atom is 0.283 e. The van der Waals surface area contributed by atoms with Crippen LogP contribution in [0.2, 0.25) is 5.02 Å². The molecular weight excluding hydrogens is 400 g/mol. The molecule has 0 fully saturated rings. The molecule has 5 nitrogen and oxygen atoms in total. The highest BCUT2D eigenvalue weighted by Gasteiger charge is 2.21. The van der Waals surface area contributed by atoms with Crippen LogP contribution in [0.25, 0.3) is 21.7 Å². The number of halogens is 1. The van der Waals surface area contributed by atoms with Gasteiger partial charge in [-0.15, -0.1) is 21.5 Å². The zero-order chi connectivity index (χ0) is 18.2. The van der Waals surface area contributed by atoms with E-state index in [1.54, 1.807) is 17.7 Å². The minimum Gasteiger partial charge on any atom is -0.411 e. The first kappa shape index (κ1) is 17.2. The van der Waals surface area contributed by atoms with Gasteiger partial charge in [-0.1, -0.05) is 30.2 Å². The first-order valence-electron chi connectivity index (χ1n) is 8.81. The van der Waals surface area contributed by atoms with Gasteiger partial charge in [-0.2, -0.15) is 0 Å². The van der Waals surface area contributed by atoms with Crippen molar-refractivity contribution in [2.24, 2.45) is 0 Å². The van der Waals surface area contributed by atoms with Crippen molar-refractivity contribution < 1.29 is 4.42 Å². The van der Waals surface area contributed by atoms with Crippen molar-refractivity contribution >= 4 is 44.9 Å². The highest BCUT2D eigenvalue weighted by atomic mass is 35.5. The number of thiophene rings is 1. The standard InChI is InChI=1S/C19H15ClN4OS2/c20-13-8-5-4-6-11(13)16-23-24-19(25-16)27-18-15-12-7-2-1-3-9-14(12)26-17(15)21-10-22-18/h4-6,8,10H,1-3,7,9H2.